The number of pyridine rings is 2. The van der Waals surface area contributed by atoms with E-state index >= 15 is 0 Å². The highest BCUT2D eigenvalue weighted by Crippen LogP contribution is 2.34. The summed E-state index contributed by atoms with van der Waals surface area (Å²) in [5.74, 6) is 2.47. The number of aliphatic carboxylic acids is 1. The maximum absolute atomic E-state index is 12.9. The third-order valence-corrected chi connectivity index (χ3v) is 10.6. The first-order valence-electron chi connectivity index (χ1n) is 18.3. The van der Waals surface area contributed by atoms with Gasteiger partial charge in [-0.25, -0.2) is 24.1 Å². The van der Waals surface area contributed by atoms with Crippen molar-refractivity contribution in [1.82, 2.24) is 39.0 Å². The number of benzene rings is 2. The third kappa shape index (κ3) is 12.7. The normalized spacial score (nSPS) is 11.9. The number of carboxylic acid groups (broad SMARTS) is 1. The number of nitrogens with zero attached hydrogens (tertiary/aromatic N) is 7. The van der Waals surface area contributed by atoms with Gasteiger partial charge in [-0.15, -0.1) is 11.5 Å². The maximum atomic E-state index is 12.9. The van der Waals surface area contributed by atoms with Crippen LogP contribution in [0.4, 0.5) is 23.9 Å². The minimum absolute atomic E-state index is 0.0101. The van der Waals surface area contributed by atoms with Gasteiger partial charge in [0.2, 0.25) is 17.7 Å². The number of hydrogen-bond acceptors (Lipinski definition) is 14. The number of halogens is 6. The Labute approximate surface area is 381 Å². The van der Waals surface area contributed by atoms with Crippen molar-refractivity contribution >= 4 is 73.7 Å². The molecule has 0 saturated heterocycles. The Morgan fingerprint density at radius 1 is 0.923 bits per heavy atom. The standard InChI is InChI=1S/C15H13Cl2N3O2.C13H12F3N5O5S.C11H8ClNO3/c1-2-7-22-13-9-12(10(16)8-11(13)17)20-15(21)19-6-4-3-5-14(19)18-20;1-25-8-6-9(26-2)19-11(18-8)20-12(22)21-27(23,24)10-7(13(14,15)16)4-3-5-17-10;12-8-3-4-9(16-6-10(14)15)11-7(8)2-1-5-13-11/h1,8-9H,3-7H2;3-6H,1-2H3,(H2,18,19,20,21,22);1-5H,6H2,(H,14,15). The monoisotopic (exact) mass is 981 g/mol. The van der Waals surface area contributed by atoms with E-state index < -0.39 is 51.3 Å². The highest BCUT2D eigenvalue weighted by molar-refractivity contribution is 7.90. The van der Waals surface area contributed by atoms with Gasteiger partial charge in [-0.05, 0) is 55.3 Å². The summed E-state index contributed by atoms with van der Waals surface area (Å²) < 4.78 is 87.6. The number of hydrogen-bond donors (Lipinski definition) is 3. The lowest BCUT2D eigenvalue weighted by Crippen LogP contribution is -2.36. The van der Waals surface area contributed by atoms with E-state index in [4.69, 9.17) is 65.3 Å². The molecule has 7 rings (SSSR count). The van der Waals surface area contributed by atoms with E-state index in [2.05, 4.69) is 31.0 Å². The molecule has 0 unspecified atom stereocenters. The second kappa shape index (κ2) is 21.7. The van der Waals surface area contributed by atoms with Crippen LogP contribution in [-0.2, 0) is 34.0 Å². The molecule has 4 aromatic heterocycles. The fourth-order valence-electron chi connectivity index (χ4n) is 5.62. The molecule has 6 aromatic rings. The van der Waals surface area contributed by atoms with E-state index in [1.165, 1.54) is 35.8 Å². The summed E-state index contributed by atoms with van der Waals surface area (Å²) in [6.45, 7) is 0.364. The summed E-state index contributed by atoms with van der Waals surface area (Å²) in [6.07, 6.45) is 5.43. The van der Waals surface area contributed by atoms with Gasteiger partial charge >= 0.3 is 23.9 Å². The van der Waals surface area contributed by atoms with E-state index in [1.54, 1.807) is 41.1 Å². The molecule has 0 radical (unpaired) electrons. The first-order chi connectivity index (χ1) is 30.9. The quantitative estimate of drug-likeness (QED) is 0.118. The zero-order valence-corrected chi connectivity index (χ0v) is 36.7. The number of methoxy groups -OCH3 is 2. The van der Waals surface area contributed by atoms with Crippen molar-refractivity contribution in [2.24, 2.45) is 0 Å². The first-order valence-corrected chi connectivity index (χ1v) is 20.9. The smallest absolute Gasteiger partial charge is 0.419 e. The number of anilines is 1. The number of amides is 2. The molecule has 1 aliphatic rings. The van der Waals surface area contributed by atoms with Gasteiger partial charge < -0.3 is 24.1 Å². The van der Waals surface area contributed by atoms with Crippen molar-refractivity contribution in [3.05, 3.63) is 104 Å². The van der Waals surface area contributed by atoms with Gasteiger partial charge in [0.1, 0.15) is 29.4 Å². The molecule has 26 heteroatoms. The summed E-state index contributed by atoms with van der Waals surface area (Å²) in [5.41, 5.74) is -0.729. The average molecular weight is 983 g/mol. The zero-order valence-electron chi connectivity index (χ0n) is 33.6. The Morgan fingerprint density at radius 3 is 2.26 bits per heavy atom. The van der Waals surface area contributed by atoms with Crippen molar-refractivity contribution in [2.45, 2.75) is 37.0 Å². The molecule has 0 saturated carbocycles. The van der Waals surface area contributed by atoms with Crippen molar-refractivity contribution < 1.29 is 55.2 Å². The lowest BCUT2D eigenvalue weighted by Gasteiger charge is -2.13. The number of aromatic nitrogens is 7. The Balaban J connectivity index is 0.000000189. The SMILES string of the molecule is C#CCOc1cc(-n2nc3n(c2=O)CCCC3)c(Cl)cc1Cl.COc1cc(OC)nc(NC(=O)NS(=O)(=O)c2ncccc2C(F)(F)F)n1.O=C(O)COc1ccc(Cl)c2cccnc12. The van der Waals surface area contributed by atoms with Crippen LogP contribution < -0.4 is 34.7 Å². The molecule has 0 fully saturated rings. The van der Waals surface area contributed by atoms with Crippen LogP contribution in [0.2, 0.25) is 15.1 Å². The Bertz CT molecular complexity index is 2910. The molecule has 0 atom stereocenters. The number of alkyl halides is 3. The molecule has 5 heterocycles. The Morgan fingerprint density at radius 2 is 1.62 bits per heavy atom. The van der Waals surface area contributed by atoms with Crippen LogP contribution in [0.15, 0.2) is 76.8 Å². The van der Waals surface area contributed by atoms with Gasteiger partial charge in [0, 0.05) is 36.8 Å². The van der Waals surface area contributed by atoms with Crippen LogP contribution >= 0.6 is 34.8 Å². The lowest BCUT2D eigenvalue weighted by molar-refractivity contribution is -0.140. The maximum Gasteiger partial charge on any atom is 0.419 e. The molecular weight excluding hydrogens is 950 g/mol. The molecule has 19 nitrogen and oxygen atoms in total. The van der Waals surface area contributed by atoms with E-state index in [-0.39, 0.29) is 24.1 Å². The number of urea groups is 1. The molecular formula is C39H33Cl3F3N9O10S. The number of carbonyl (C=O) groups is 2. The van der Waals surface area contributed by atoms with Crippen molar-refractivity contribution in [3.8, 4) is 41.3 Å². The molecule has 2 amide bonds. The van der Waals surface area contributed by atoms with Crippen LogP contribution in [0.5, 0.6) is 23.3 Å². The molecule has 1 aliphatic heterocycles. The summed E-state index contributed by atoms with van der Waals surface area (Å²) in [7, 11) is -2.39. The Kier molecular flexibility index (Phi) is 16.4. The second-order valence-electron chi connectivity index (χ2n) is 12.8. The van der Waals surface area contributed by atoms with Crippen LogP contribution in [-0.4, -0.2) is 87.2 Å². The van der Waals surface area contributed by atoms with E-state index in [0.717, 1.165) is 42.7 Å². The van der Waals surface area contributed by atoms with Crippen molar-refractivity contribution in [1.29, 1.82) is 0 Å². The molecule has 3 N–H and O–H groups in total. The van der Waals surface area contributed by atoms with Crippen LogP contribution in [0, 0.1) is 12.3 Å². The van der Waals surface area contributed by atoms with Gasteiger partial charge in [-0.3, -0.25) is 14.9 Å². The number of carbonyl (C=O) groups excluding carboxylic acids is 1. The number of terminal acetylenes is 1. The molecule has 0 bridgehead atoms. The summed E-state index contributed by atoms with van der Waals surface area (Å²) >= 11 is 18.3. The Hall–Kier alpha value is -6.87. The molecule has 65 heavy (non-hydrogen) atoms. The molecule has 342 valence electrons. The molecule has 0 spiro atoms. The number of carboxylic acids is 1. The van der Waals surface area contributed by atoms with Gasteiger partial charge in [-0.1, -0.05) is 40.7 Å². The highest BCUT2D eigenvalue weighted by Gasteiger charge is 2.38. The van der Waals surface area contributed by atoms with Crippen LogP contribution in [0.1, 0.15) is 24.2 Å². The fourth-order valence-corrected chi connectivity index (χ4v) is 7.42. The number of rotatable bonds is 11. The minimum atomic E-state index is -4.99. The molecule has 0 aliphatic carbocycles. The second-order valence-corrected chi connectivity index (χ2v) is 15.6. The third-order valence-electron chi connectivity index (χ3n) is 8.42. The van der Waals surface area contributed by atoms with Gasteiger partial charge in [0.05, 0.1) is 46.6 Å². The summed E-state index contributed by atoms with van der Waals surface area (Å²) in [5, 5.41) is 15.5. The van der Waals surface area contributed by atoms with Gasteiger partial charge in [0.15, 0.2) is 11.6 Å². The van der Waals surface area contributed by atoms with E-state index in [1.807, 2.05) is 5.32 Å². The lowest BCUT2D eigenvalue weighted by atomic mass is 10.2. The number of aryl methyl sites for hydroxylation is 1. The summed E-state index contributed by atoms with van der Waals surface area (Å²) in [6, 6.07) is 11.2. The zero-order chi connectivity index (χ0) is 47.5. The average Bonchev–Trinajstić information content (AvgIpc) is 3.61. The predicted molar refractivity (Wildman–Crippen MR) is 229 cm³/mol. The highest BCUT2D eigenvalue weighted by atomic mass is 35.5. The minimum Gasteiger partial charge on any atom is -0.481 e. The van der Waals surface area contributed by atoms with Gasteiger partial charge in [-0.2, -0.15) is 36.2 Å². The fraction of sp³-hybridized carbons (Fsp3) is 0.231. The molecule has 2 aromatic carbocycles. The van der Waals surface area contributed by atoms with Crippen LogP contribution in [0.25, 0.3) is 16.6 Å². The topological polar surface area (TPSA) is 241 Å². The number of fused-ring (bicyclic) bond motifs is 2. The summed E-state index contributed by atoms with van der Waals surface area (Å²) in [4.78, 5) is 49.5. The number of ether oxygens (including phenoxy) is 4. The van der Waals surface area contributed by atoms with Crippen molar-refractivity contribution in [2.75, 3.05) is 32.8 Å². The van der Waals surface area contributed by atoms with Crippen molar-refractivity contribution in [3.63, 3.8) is 0 Å². The van der Waals surface area contributed by atoms with Crippen LogP contribution in [0.3, 0.4) is 0 Å². The van der Waals surface area contributed by atoms with Gasteiger partial charge in [0.25, 0.3) is 10.0 Å². The largest absolute Gasteiger partial charge is 0.481 e. The predicted octanol–water partition coefficient (Wildman–Crippen LogP) is 6.46. The van der Waals surface area contributed by atoms with E-state index in [0.29, 0.717) is 50.4 Å². The van der Waals surface area contributed by atoms with E-state index in [9.17, 15) is 36.0 Å². The number of nitrogens with one attached hydrogen (secondary N) is 2. The first kappa shape index (κ1) is 49.2. The number of sulfonamides is 1.